The van der Waals surface area contributed by atoms with Crippen LogP contribution in [0, 0.1) is 0 Å². The molecule has 144 valence electrons. The molecule has 6 heteroatoms. The summed E-state index contributed by atoms with van der Waals surface area (Å²) in [5.74, 6) is -1.27. The van der Waals surface area contributed by atoms with Gasteiger partial charge in [-0.05, 0) is 31.6 Å². The van der Waals surface area contributed by atoms with E-state index in [2.05, 4.69) is 0 Å². The molecular weight excluding hydrogens is 360 g/mol. The van der Waals surface area contributed by atoms with E-state index in [9.17, 15) is 19.8 Å². The number of phenols is 1. The number of ether oxygens (including phenoxy) is 2. The number of phenolic OH excluding ortho intramolecular Hbond substituents is 1. The Balaban J connectivity index is 1.92. The minimum atomic E-state index is -1.08. The maximum Gasteiger partial charge on any atom is 0.308 e. The van der Waals surface area contributed by atoms with Gasteiger partial charge in [-0.3, -0.25) is 9.59 Å². The van der Waals surface area contributed by atoms with Gasteiger partial charge in [-0.15, -0.1) is 0 Å². The monoisotopic (exact) mass is 380 g/mol. The molecule has 2 aromatic carbocycles. The Kier molecular flexibility index (Phi) is 4.14. The summed E-state index contributed by atoms with van der Waals surface area (Å²) < 4.78 is 12.1. The Hall–Kier alpha value is -3.28. The molecule has 0 saturated heterocycles. The van der Waals surface area contributed by atoms with Crippen molar-refractivity contribution < 1.29 is 29.3 Å². The second kappa shape index (κ2) is 6.41. The highest BCUT2D eigenvalue weighted by atomic mass is 16.5. The number of aromatic hydroxyl groups is 1. The van der Waals surface area contributed by atoms with Crippen LogP contribution in [-0.4, -0.2) is 27.6 Å². The molecule has 0 fully saturated rings. The number of hydrogen-bond acceptors (Lipinski definition) is 5. The summed E-state index contributed by atoms with van der Waals surface area (Å²) in [6, 6.07) is 9.25. The quantitative estimate of drug-likeness (QED) is 0.839. The summed E-state index contributed by atoms with van der Waals surface area (Å²) in [5, 5.41) is 20.2. The molecule has 0 radical (unpaired) electrons. The number of aliphatic carboxylic acids is 1. The lowest BCUT2D eigenvalue weighted by Gasteiger charge is -2.34. The van der Waals surface area contributed by atoms with E-state index >= 15 is 0 Å². The summed E-state index contributed by atoms with van der Waals surface area (Å²) in [7, 11) is 0. The average Bonchev–Trinajstić information content (AvgIpc) is 2.64. The molecule has 4 rings (SSSR count). The number of benzene rings is 2. The van der Waals surface area contributed by atoms with Crippen molar-refractivity contribution in [1.29, 1.82) is 0 Å². The lowest BCUT2D eigenvalue weighted by molar-refractivity contribution is -0.136. The normalized spacial score (nSPS) is 19.2. The summed E-state index contributed by atoms with van der Waals surface area (Å²) in [4.78, 5) is 24.4. The van der Waals surface area contributed by atoms with Crippen LogP contribution in [0.2, 0.25) is 0 Å². The van der Waals surface area contributed by atoms with E-state index in [-0.39, 0.29) is 47.0 Å². The first kappa shape index (κ1) is 18.1. The van der Waals surface area contributed by atoms with Crippen LogP contribution < -0.4 is 9.47 Å². The Morgan fingerprint density at radius 3 is 2.61 bits per heavy atom. The highest BCUT2D eigenvalue weighted by Crippen LogP contribution is 2.51. The zero-order valence-corrected chi connectivity index (χ0v) is 15.6. The van der Waals surface area contributed by atoms with Gasteiger partial charge in [0.2, 0.25) is 0 Å². The first-order valence-corrected chi connectivity index (χ1v) is 9.03. The molecule has 0 bridgehead atoms. The fourth-order valence-corrected chi connectivity index (χ4v) is 3.63. The maximum absolute atomic E-state index is 12.9. The molecule has 0 unspecified atom stereocenters. The molecule has 2 aromatic rings. The SMILES string of the molecule is CC1(C)C=Cc2c(O)c3c(c(CC(=O)O)c2O1)O[C@H](c1ccccc1)CC3=O. The van der Waals surface area contributed by atoms with Gasteiger partial charge in [0, 0.05) is 5.56 Å². The third-order valence-corrected chi connectivity index (χ3v) is 4.94. The summed E-state index contributed by atoms with van der Waals surface area (Å²) in [6.45, 7) is 3.65. The Morgan fingerprint density at radius 1 is 1.21 bits per heavy atom. The minimum Gasteiger partial charge on any atom is -0.506 e. The Labute approximate surface area is 162 Å². The number of fused-ring (bicyclic) bond motifs is 2. The molecule has 2 aliphatic heterocycles. The van der Waals surface area contributed by atoms with Gasteiger partial charge in [-0.1, -0.05) is 30.3 Å². The minimum absolute atomic E-state index is 0.0233. The van der Waals surface area contributed by atoms with Crippen molar-refractivity contribution >= 4 is 17.8 Å². The van der Waals surface area contributed by atoms with E-state index in [0.717, 1.165) is 5.56 Å². The molecule has 1 atom stereocenters. The number of ketones is 1. The van der Waals surface area contributed by atoms with Crippen LogP contribution in [0.5, 0.6) is 17.2 Å². The third-order valence-electron chi connectivity index (χ3n) is 4.94. The Bertz CT molecular complexity index is 1000. The van der Waals surface area contributed by atoms with Gasteiger partial charge in [0.25, 0.3) is 0 Å². The molecule has 0 saturated carbocycles. The molecule has 0 aliphatic carbocycles. The summed E-state index contributed by atoms with van der Waals surface area (Å²) in [5.41, 5.74) is 0.723. The van der Waals surface area contributed by atoms with E-state index in [4.69, 9.17) is 9.47 Å². The van der Waals surface area contributed by atoms with Gasteiger partial charge < -0.3 is 19.7 Å². The lowest BCUT2D eigenvalue weighted by Crippen LogP contribution is -2.30. The highest BCUT2D eigenvalue weighted by molar-refractivity contribution is 6.05. The van der Waals surface area contributed by atoms with Crippen LogP contribution in [0.15, 0.2) is 36.4 Å². The Morgan fingerprint density at radius 2 is 1.93 bits per heavy atom. The fourth-order valence-electron chi connectivity index (χ4n) is 3.63. The van der Waals surface area contributed by atoms with Crippen LogP contribution >= 0.6 is 0 Å². The molecule has 6 nitrogen and oxygen atoms in total. The van der Waals surface area contributed by atoms with E-state index in [0.29, 0.717) is 5.56 Å². The smallest absolute Gasteiger partial charge is 0.308 e. The van der Waals surface area contributed by atoms with Crippen molar-refractivity contribution in [2.75, 3.05) is 0 Å². The van der Waals surface area contributed by atoms with Gasteiger partial charge in [0.05, 0.1) is 18.4 Å². The number of carbonyl (C=O) groups is 2. The number of rotatable bonds is 3. The van der Waals surface area contributed by atoms with Crippen molar-refractivity contribution in [3.63, 3.8) is 0 Å². The van der Waals surface area contributed by atoms with Crippen LogP contribution in [0.4, 0.5) is 0 Å². The van der Waals surface area contributed by atoms with Gasteiger partial charge >= 0.3 is 5.97 Å². The summed E-state index contributed by atoms with van der Waals surface area (Å²) in [6.07, 6.45) is 2.54. The molecular formula is C22H20O6. The first-order chi connectivity index (χ1) is 13.3. The summed E-state index contributed by atoms with van der Waals surface area (Å²) >= 11 is 0. The average molecular weight is 380 g/mol. The highest BCUT2D eigenvalue weighted by Gasteiger charge is 2.38. The zero-order valence-electron chi connectivity index (χ0n) is 15.6. The van der Waals surface area contributed by atoms with Crippen molar-refractivity contribution in [3.8, 4) is 17.2 Å². The van der Waals surface area contributed by atoms with Gasteiger partial charge in [-0.2, -0.15) is 0 Å². The molecule has 0 aromatic heterocycles. The molecule has 0 spiro atoms. The van der Waals surface area contributed by atoms with Crippen molar-refractivity contribution in [3.05, 3.63) is 58.7 Å². The van der Waals surface area contributed by atoms with Gasteiger partial charge in [0.1, 0.15) is 34.5 Å². The second-order valence-electron chi connectivity index (χ2n) is 7.53. The molecule has 0 amide bonds. The van der Waals surface area contributed by atoms with Crippen LogP contribution in [-0.2, 0) is 11.2 Å². The van der Waals surface area contributed by atoms with E-state index < -0.39 is 17.7 Å². The molecule has 28 heavy (non-hydrogen) atoms. The topological polar surface area (TPSA) is 93.1 Å². The number of carboxylic acids is 1. The van der Waals surface area contributed by atoms with Gasteiger partial charge in [0.15, 0.2) is 5.78 Å². The van der Waals surface area contributed by atoms with E-state index in [1.165, 1.54) is 0 Å². The van der Waals surface area contributed by atoms with Crippen LogP contribution in [0.25, 0.3) is 6.08 Å². The molecule has 2 aliphatic rings. The number of carboxylic acid groups (broad SMARTS) is 1. The second-order valence-corrected chi connectivity index (χ2v) is 7.53. The lowest BCUT2D eigenvalue weighted by atomic mass is 9.88. The fraction of sp³-hybridized carbons (Fsp3) is 0.273. The maximum atomic E-state index is 12.9. The largest absolute Gasteiger partial charge is 0.506 e. The number of hydrogen-bond donors (Lipinski definition) is 2. The van der Waals surface area contributed by atoms with E-state index in [1.54, 1.807) is 12.2 Å². The van der Waals surface area contributed by atoms with Crippen molar-refractivity contribution in [2.24, 2.45) is 0 Å². The van der Waals surface area contributed by atoms with Crippen molar-refractivity contribution in [1.82, 2.24) is 0 Å². The number of Topliss-reactive ketones (excluding diaryl/α,β-unsaturated/α-hetero) is 1. The van der Waals surface area contributed by atoms with Crippen LogP contribution in [0.1, 0.15) is 53.4 Å². The van der Waals surface area contributed by atoms with Crippen LogP contribution in [0.3, 0.4) is 0 Å². The van der Waals surface area contributed by atoms with E-state index in [1.807, 2.05) is 44.2 Å². The number of carbonyl (C=O) groups excluding carboxylic acids is 1. The molecule has 2 N–H and O–H groups in total. The zero-order chi connectivity index (χ0) is 20.1. The standard InChI is InChI=1S/C22H20O6/c1-22(2)9-8-13-19(26)18-15(23)11-16(12-6-4-3-5-7-12)27-21(18)14(10-17(24)25)20(13)28-22/h3-9,16,26H,10-11H2,1-2H3,(H,24,25)/t16-/m0/s1. The third kappa shape index (κ3) is 3.01. The first-order valence-electron chi connectivity index (χ1n) is 9.03. The predicted octanol–water partition coefficient (Wildman–Crippen LogP) is 3.91. The molecule has 2 heterocycles. The van der Waals surface area contributed by atoms with Gasteiger partial charge in [-0.25, -0.2) is 0 Å². The predicted molar refractivity (Wildman–Crippen MR) is 102 cm³/mol. The van der Waals surface area contributed by atoms with Crippen molar-refractivity contribution in [2.45, 2.75) is 38.4 Å².